The van der Waals surface area contributed by atoms with Crippen molar-refractivity contribution in [2.75, 3.05) is 13.2 Å². The Kier molecular flexibility index (Phi) is 5.01. The van der Waals surface area contributed by atoms with Crippen molar-refractivity contribution in [1.82, 2.24) is 0 Å². The van der Waals surface area contributed by atoms with E-state index >= 15 is 0 Å². The highest BCUT2D eigenvalue weighted by Gasteiger charge is 1.89. The van der Waals surface area contributed by atoms with Crippen LogP contribution in [0.2, 0.25) is 0 Å². The number of rotatable bonds is 4. The second-order valence-electron chi connectivity index (χ2n) is 1.79. The molecule has 0 atom stereocenters. The molecule has 0 aliphatic carbocycles. The fraction of sp³-hybridized carbons (Fsp3) is 0.833. The number of hydrogen-bond acceptors (Lipinski definition) is 2. The summed E-state index contributed by atoms with van der Waals surface area (Å²) in [6.07, 6.45) is 0.269. The molecule has 0 aromatic heterocycles. The lowest BCUT2D eigenvalue weighted by Gasteiger charge is -2.04. The van der Waals surface area contributed by atoms with Crippen LogP contribution in [0.25, 0.3) is 0 Å². The zero-order chi connectivity index (χ0) is 6.41. The van der Waals surface area contributed by atoms with E-state index in [1.54, 1.807) is 0 Å². The lowest BCUT2D eigenvalue weighted by atomic mass is 10.5. The highest BCUT2D eigenvalue weighted by atomic mass is 16.5. The van der Waals surface area contributed by atoms with Crippen LogP contribution < -0.4 is 0 Å². The summed E-state index contributed by atoms with van der Waals surface area (Å²) in [5, 5.41) is 0. The monoisotopic (exact) mass is 116 g/mol. The molecule has 0 aliphatic heterocycles. The minimum atomic E-state index is 0.269. The average molecular weight is 116 g/mol. The molecule has 0 saturated heterocycles. The minimum Gasteiger partial charge on any atom is -0.376 e. The Labute approximate surface area is 50.8 Å². The van der Waals surface area contributed by atoms with E-state index in [1.165, 1.54) is 0 Å². The molecule has 0 fully saturated rings. The zero-order valence-electron chi connectivity index (χ0n) is 5.39. The van der Waals surface area contributed by atoms with Gasteiger partial charge in [0.25, 0.3) is 0 Å². The SMILES string of the molecule is [CH]OCCOC(C)C. The summed E-state index contributed by atoms with van der Waals surface area (Å²) >= 11 is 0. The molecule has 2 radical (unpaired) electrons. The Bertz CT molecular complexity index is 43.8. The summed E-state index contributed by atoms with van der Waals surface area (Å²) in [4.78, 5) is 0. The van der Waals surface area contributed by atoms with Gasteiger partial charge in [0.1, 0.15) is 7.11 Å². The van der Waals surface area contributed by atoms with Gasteiger partial charge in [0.15, 0.2) is 0 Å². The van der Waals surface area contributed by atoms with Crippen LogP contribution in [-0.2, 0) is 9.47 Å². The summed E-state index contributed by atoms with van der Waals surface area (Å²) in [5.41, 5.74) is 0. The third-order valence-electron chi connectivity index (χ3n) is 0.652. The lowest BCUT2D eigenvalue weighted by molar-refractivity contribution is 0.0434. The van der Waals surface area contributed by atoms with Gasteiger partial charge in [0.05, 0.1) is 19.3 Å². The molecule has 8 heavy (non-hydrogen) atoms. The Morgan fingerprint density at radius 3 is 2.38 bits per heavy atom. The quantitative estimate of drug-likeness (QED) is 0.512. The van der Waals surface area contributed by atoms with E-state index in [4.69, 9.17) is 11.8 Å². The fourth-order valence-corrected chi connectivity index (χ4v) is 0.332. The molecule has 0 saturated carbocycles. The Morgan fingerprint density at radius 1 is 1.38 bits per heavy atom. The molecule has 0 spiro atoms. The van der Waals surface area contributed by atoms with Crippen LogP contribution in [0.3, 0.4) is 0 Å². The van der Waals surface area contributed by atoms with E-state index in [-0.39, 0.29) is 6.10 Å². The Hall–Kier alpha value is -0.0800. The molecule has 0 heterocycles. The van der Waals surface area contributed by atoms with Gasteiger partial charge in [-0.1, -0.05) is 0 Å². The van der Waals surface area contributed by atoms with Crippen molar-refractivity contribution in [1.29, 1.82) is 0 Å². The smallest absolute Gasteiger partial charge is 0.115 e. The van der Waals surface area contributed by atoms with Gasteiger partial charge in [-0.25, -0.2) is 0 Å². The van der Waals surface area contributed by atoms with Crippen molar-refractivity contribution in [3.8, 4) is 0 Å². The number of hydrogen-bond donors (Lipinski definition) is 0. The first-order valence-corrected chi connectivity index (χ1v) is 2.70. The van der Waals surface area contributed by atoms with E-state index in [1.807, 2.05) is 13.8 Å². The first-order chi connectivity index (χ1) is 3.77. The predicted octanol–water partition coefficient (Wildman–Crippen LogP) is 1.10. The summed E-state index contributed by atoms with van der Waals surface area (Å²) in [6.45, 7) is 4.99. The average Bonchev–Trinajstić information content (AvgIpc) is 1.66. The zero-order valence-corrected chi connectivity index (χ0v) is 5.39. The normalized spacial score (nSPS) is 10.5. The van der Waals surface area contributed by atoms with E-state index in [9.17, 15) is 0 Å². The summed E-state index contributed by atoms with van der Waals surface area (Å²) in [5.74, 6) is 0. The maximum atomic E-state index is 5.08. The summed E-state index contributed by atoms with van der Waals surface area (Å²) in [6, 6.07) is 0. The molecule has 2 nitrogen and oxygen atoms in total. The van der Waals surface area contributed by atoms with Crippen LogP contribution in [0, 0.1) is 7.11 Å². The van der Waals surface area contributed by atoms with E-state index in [0.29, 0.717) is 13.2 Å². The highest BCUT2D eigenvalue weighted by Crippen LogP contribution is 1.85. The molecule has 2 heteroatoms. The van der Waals surface area contributed by atoms with Gasteiger partial charge in [0.2, 0.25) is 0 Å². The van der Waals surface area contributed by atoms with Crippen molar-refractivity contribution in [2.24, 2.45) is 0 Å². The van der Waals surface area contributed by atoms with Gasteiger partial charge in [-0.2, -0.15) is 0 Å². The van der Waals surface area contributed by atoms with Gasteiger partial charge in [-0.3, -0.25) is 0 Å². The first-order valence-electron chi connectivity index (χ1n) is 2.70. The molecule has 0 aliphatic rings. The van der Waals surface area contributed by atoms with Crippen molar-refractivity contribution in [3.05, 3.63) is 7.11 Å². The van der Waals surface area contributed by atoms with Crippen LogP contribution in [0.4, 0.5) is 0 Å². The molecule has 0 unspecified atom stereocenters. The molecular formula is C6H12O2. The standard InChI is InChI=1S/C6H12O2/c1-6(2)8-5-4-7-3/h3,6H,4-5H2,1-2H3. The second kappa shape index (κ2) is 5.06. The Balaban J connectivity index is 2.72. The number of ether oxygens (including phenoxy) is 2. The Morgan fingerprint density at radius 2 is 2.00 bits per heavy atom. The van der Waals surface area contributed by atoms with Gasteiger partial charge in [-0.05, 0) is 13.8 Å². The van der Waals surface area contributed by atoms with Gasteiger partial charge in [0, 0.05) is 0 Å². The van der Waals surface area contributed by atoms with Crippen LogP contribution in [0.15, 0.2) is 0 Å². The van der Waals surface area contributed by atoms with Crippen LogP contribution >= 0.6 is 0 Å². The molecule has 0 amide bonds. The minimum absolute atomic E-state index is 0.269. The lowest BCUT2D eigenvalue weighted by Crippen LogP contribution is -2.07. The van der Waals surface area contributed by atoms with Gasteiger partial charge < -0.3 is 9.47 Å². The van der Waals surface area contributed by atoms with Crippen LogP contribution in [0.5, 0.6) is 0 Å². The summed E-state index contributed by atoms with van der Waals surface area (Å²) < 4.78 is 9.34. The third kappa shape index (κ3) is 5.92. The predicted molar refractivity (Wildman–Crippen MR) is 31.3 cm³/mol. The van der Waals surface area contributed by atoms with E-state index < -0.39 is 0 Å². The van der Waals surface area contributed by atoms with E-state index in [2.05, 4.69) is 4.74 Å². The first kappa shape index (κ1) is 7.92. The molecule has 0 aromatic rings. The van der Waals surface area contributed by atoms with Crippen molar-refractivity contribution >= 4 is 0 Å². The molecular weight excluding hydrogens is 104 g/mol. The second-order valence-corrected chi connectivity index (χ2v) is 1.79. The molecule has 0 rings (SSSR count). The molecule has 48 valence electrons. The van der Waals surface area contributed by atoms with Gasteiger partial charge >= 0.3 is 0 Å². The van der Waals surface area contributed by atoms with Crippen LogP contribution in [-0.4, -0.2) is 19.3 Å². The molecule has 0 N–H and O–H groups in total. The fourth-order valence-electron chi connectivity index (χ4n) is 0.332. The van der Waals surface area contributed by atoms with Gasteiger partial charge in [-0.15, -0.1) is 0 Å². The maximum Gasteiger partial charge on any atom is 0.115 e. The topological polar surface area (TPSA) is 18.5 Å². The van der Waals surface area contributed by atoms with Crippen LogP contribution in [0.1, 0.15) is 13.8 Å². The van der Waals surface area contributed by atoms with Crippen molar-refractivity contribution in [2.45, 2.75) is 20.0 Å². The van der Waals surface area contributed by atoms with Crippen molar-refractivity contribution < 1.29 is 9.47 Å². The third-order valence-corrected chi connectivity index (χ3v) is 0.652. The van der Waals surface area contributed by atoms with Crippen molar-refractivity contribution in [3.63, 3.8) is 0 Å². The molecule has 0 bridgehead atoms. The largest absolute Gasteiger partial charge is 0.376 e. The maximum absolute atomic E-state index is 5.08. The summed E-state index contributed by atoms with van der Waals surface area (Å²) in [7, 11) is 4.73. The van der Waals surface area contributed by atoms with E-state index in [0.717, 1.165) is 0 Å². The highest BCUT2D eigenvalue weighted by molar-refractivity contribution is 4.35. The molecule has 0 aromatic carbocycles.